The van der Waals surface area contributed by atoms with E-state index in [0.717, 1.165) is 95.5 Å². The zero-order chi connectivity index (χ0) is 37.7. The minimum absolute atomic E-state index is 0.0183. The van der Waals surface area contributed by atoms with Gasteiger partial charge in [0.05, 0.1) is 54.5 Å². The van der Waals surface area contributed by atoms with Crippen molar-refractivity contribution in [2.75, 3.05) is 40.3 Å². The van der Waals surface area contributed by atoms with E-state index >= 15 is 0 Å². The number of carbonyl (C=O) groups is 2. The van der Waals surface area contributed by atoms with Crippen LogP contribution >= 0.6 is 0 Å². The van der Waals surface area contributed by atoms with Gasteiger partial charge in [-0.05, 0) is 112 Å². The summed E-state index contributed by atoms with van der Waals surface area (Å²) in [6.07, 6.45) is 12.9. The van der Waals surface area contributed by atoms with Crippen LogP contribution < -0.4 is 9.46 Å². The topological polar surface area (TPSA) is 119 Å². The van der Waals surface area contributed by atoms with Gasteiger partial charge in [0.15, 0.2) is 0 Å². The molecule has 2 aliphatic carbocycles. The van der Waals surface area contributed by atoms with Crippen LogP contribution in [0.3, 0.4) is 0 Å². The molecule has 0 unspecified atom stereocenters. The van der Waals surface area contributed by atoms with Crippen molar-refractivity contribution in [3.63, 3.8) is 0 Å². The molecule has 0 atom stereocenters. The normalized spacial score (nSPS) is 18.5. The zero-order valence-corrected chi connectivity index (χ0v) is 32.8. The molecule has 1 N–H and O–H groups in total. The third kappa shape index (κ3) is 6.76. The molecule has 4 aliphatic rings. The highest BCUT2D eigenvalue weighted by Gasteiger charge is 2.34. The van der Waals surface area contributed by atoms with Gasteiger partial charge in [0.1, 0.15) is 5.75 Å². The summed E-state index contributed by atoms with van der Waals surface area (Å²) in [5.74, 6) is 0.603. The maximum Gasteiger partial charge on any atom is 0.257 e. The number of amides is 2. The quantitative estimate of drug-likeness (QED) is 0.204. The van der Waals surface area contributed by atoms with Crippen LogP contribution in [0.4, 0.5) is 0 Å². The van der Waals surface area contributed by atoms with E-state index in [2.05, 4.69) is 56.3 Å². The molecule has 2 saturated carbocycles. The molecule has 4 aromatic rings. The first-order valence-corrected chi connectivity index (χ1v) is 21.2. The first-order valence-electron chi connectivity index (χ1n) is 19.7. The first kappa shape index (κ1) is 36.6. The van der Waals surface area contributed by atoms with Gasteiger partial charge in [-0.1, -0.05) is 31.4 Å². The summed E-state index contributed by atoms with van der Waals surface area (Å²) in [7, 11) is 0.0275. The number of benzene rings is 2. The molecule has 8 rings (SSSR count). The molecule has 2 aromatic carbocycles. The van der Waals surface area contributed by atoms with Crippen molar-refractivity contribution in [2.45, 2.75) is 95.4 Å². The molecular formula is C42H52N6O5S. The SMILES string of the molecule is COc1ccc2c(c1)C=C(c1c(C(=O)N3CCN(C)CC3)cnn1C1CCC1)Cn1c-2c(C2CCCCC2)c2ccc(CC(=O)NS(=O)(=O)C(C)C)cc21. The summed E-state index contributed by atoms with van der Waals surface area (Å²) in [5.41, 5.74) is 8.87. The fourth-order valence-corrected chi connectivity index (χ4v) is 9.39. The van der Waals surface area contributed by atoms with Crippen LogP contribution in [-0.4, -0.2) is 90.0 Å². The Labute approximate surface area is 318 Å². The third-order valence-corrected chi connectivity index (χ3v) is 13.9. The van der Waals surface area contributed by atoms with E-state index in [0.29, 0.717) is 31.1 Å². The molecule has 0 bridgehead atoms. The Hall–Kier alpha value is -4.42. The van der Waals surface area contributed by atoms with Crippen LogP contribution in [-0.2, 0) is 27.8 Å². The highest BCUT2D eigenvalue weighted by atomic mass is 32.2. The fraction of sp³-hybridized carbons (Fsp3) is 0.500. The van der Waals surface area contributed by atoms with Gasteiger partial charge < -0.3 is 19.1 Å². The Balaban J connectivity index is 1.31. The first-order chi connectivity index (χ1) is 26.0. The summed E-state index contributed by atoms with van der Waals surface area (Å²) < 4.78 is 37.7. The molecule has 54 heavy (non-hydrogen) atoms. The number of carbonyl (C=O) groups excluding carboxylic acids is 2. The van der Waals surface area contributed by atoms with Gasteiger partial charge >= 0.3 is 0 Å². The minimum atomic E-state index is -3.76. The number of sulfonamides is 1. The average molecular weight is 753 g/mol. The monoisotopic (exact) mass is 752 g/mol. The lowest BCUT2D eigenvalue weighted by Gasteiger charge is -2.33. The Morgan fingerprint density at radius 3 is 2.39 bits per heavy atom. The van der Waals surface area contributed by atoms with Gasteiger partial charge in [0.2, 0.25) is 15.9 Å². The van der Waals surface area contributed by atoms with Crippen molar-refractivity contribution in [3.05, 3.63) is 70.5 Å². The summed E-state index contributed by atoms with van der Waals surface area (Å²) in [6.45, 7) is 6.63. The number of ether oxygens (including phenoxy) is 1. The lowest BCUT2D eigenvalue weighted by atomic mass is 9.81. The number of aromatic nitrogens is 3. The van der Waals surface area contributed by atoms with Crippen molar-refractivity contribution >= 4 is 44.4 Å². The molecule has 2 aromatic heterocycles. The third-order valence-electron chi connectivity index (χ3n) is 12.1. The summed E-state index contributed by atoms with van der Waals surface area (Å²) in [6, 6.07) is 12.7. The number of hydrogen-bond donors (Lipinski definition) is 1. The number of nitrogens with zero attached hydrogens (tertiary/aromatic N) is 5. The second-order valence-corrected chi connectivity index (χ2v) is 18.2. The van der Waals surface area contributed by atoms with Gasteiger partial charge in [-0.25, -0.2) is 8.42 Å². The Kier molecular flexibility index (Phi) is 9.93. The molecule has 286 valence electrons. The summed E-state index contributed by atoms with van der Waals surface area (Å²) >= 11 is 0. The molecule has 3 fully saturated rings. The van der Waals surface area contributed by atoms with Crippen LogP contribution in [0.1, 0.15) is 110 Å². The maximum atomic E-state index is 14.4. The fourth-order valence-electron chi connectivity index (χ4n) is 8.77. The van der Waals surface area contributed by atoms with Crippen molar-refractivity contribution < 1.29 is 22.7 Å². The molecular weight excluding hydrogens is 701 g/mol. The second-order valence-electron chi connectivity index (χ2n) is 16.0. The molecule has 12 heteroatoms. The minimum Gasteiger partial charge on any atom is -0.497 e. The summed E-state index contributed by atoms with van der Waals surface area (Å²) in [5, 5.41) is 5.38. The lowest BCUT2D eigenvalue weighted by molar-refractivity contribution is -0.118. The van der Waals surface area contributed by atoms with E-state index in [1.165, 1.54) is 24.8 Å². The van der Waals surface area contributed by atoms with Gasteiger partial charge in [-0.3, -0.25) is 19.0 Å². The number of likely N-dealkylation sites (N-methyl/N-ethyl adjacent to an activating group) is 1. The van der Waals surface area contributed by atoms with Crippen molar-refractivity contribution in [3.8, 4) is 17.0 Å². The number of methoxy groups -OCH3 is 1. The number of rotatable bonds is 9. The molecule has 2 amide bonds. The average Bonchev–Trinajstić information content (AvgIpc) is 3.64. The van der Waals surface area contributed by atoms with Crippen molar-refractivity contribution in [1.82, 2.24) is 28.9 Å². The zero-order valence-electron chi connectivity index (χ0n) is 31.9. The predicted molar refractivity (Wildman–Crippen MR) is 212 cm³/mol. The van der Waals surface area contributed by atoms with E-state index in [1.54, 1.807) is 27.2 Å². The smallest absolute Gasteiger partial charge is 0.257 e. The van der Waals surface area contributed by atoms with E-state index in [4.69, 9.17) is 9.84 Å². The summed E-state index contributed by atoms with van der Waals surface area (Å²) in [4.78, 5) is 31.8. The van der Waals surface area contributed by atoms with E-state index in [-0.39, 0.29) is 18.4 Å². The number of allylic oxidation sites excluding steroid dienone is 1. The predicted octanol–water partition coefficient (Wildman–Crippen LogP) is 6.62. The van der Waals surface area contributed by atoms with Gasteiger partial charge in [0.25, 0.3) is 5.91 Å². The number of nitrogens with one attached hydrogen (secondary N) is 1. The molecule has 11 nitrogen and oxygen atoms in total. The van der Waals surface area contributed by atoms with Gasteiger partial charge in [-0.2, -0.15) is 5.10 Å². The molecule has 0 radical (unpaired) electrons. The van der Waals surface area contributed by atoms with Crippen molar-refractivity contribution in [1.29, 1.82) is 0 Å². The Bertz CT molecular complexity index is 2230. The maximum absolute atomic E-state index is 14.4. The largest absolute Gasteiger partial charge is 0.497 e. The van der Waals surface area contributed by atoms with Gasteiger partial charge in [-0.15, -0.1) is 0 Å². The molecule has 4 heterocycles. The number of fused-ring (bicyclic) bond motifs is 5. The van der Waals surface area contributed by atoms with Crippen molar-refractivity contribution in [2.24, 2.45) is 0 Å². The van der Waals surface area contributed by atoms with Crippen LogP contribution in [0, 0.1) is 0 Å². The molecule has 0 spiro atoms. The number of piperazine rings is 1. The standard InChI is InChI=1S/C42H52N6O5S/c1-27(2)54(51,52)44-38(49)22-28-13-15-35-37(21-28)47-26-31(23-30-24-33(53-4)14-16-34(30)41(47)39(35)29-9-6-5-7-10-29)40-36(25-43-48(40)32-11-8-12-32)42(50)46-19-17-45(3)18-20-46/h13-16,21,23-25,27,29,32H,5-12,17-20,22,26H2,1-4H3,(H,44,49). The van der Waals surface area contributed by atoms with Crippen LogP contribution in [0.5, 0.6) is 5.75 Å². The molecule has 1 saturated heterocycles. The van der Waals surface area contributed by atoms with Crippen LogP contribution in [0.15, 0.2) is 42.6 Å². The highest BCUT2D eigenvalue weighted by molar-refractivity contribution is 7.90. The van der Waals surface area contributed by atoms with Gasteiger partial charge in [0, 0.05) is 42.6 Å². The lowest BCUT2D eigenvalue weighted by Crippen LogP contribution is -2.47. The number of hydrogen-bond acceptors (Lipinski definition) is 7. The molecule has 2 aliphatic heterocycles. The van der Waals surface area contributed by atoms with Crippen LogP contribution in [0.25, 0.3) is 33.8 Å². The Morgan fingerprint density at radius 1 is 0.944 bits per heavy atom. The Morgan fingerprint density at radius 2 is 1.70 bits per heavy atom. The van der Waals surface area contributed by atoms with E-state index in [9.17, 15) is 18.0 Å². The van der Waals surface area contributed by atoms with E-state index < -0.39 is 21.2 Å². The van der Waals surface area contributed by atoms with Crippen LogP contribution in [0.2, 0.25) is 0 Å². The van der Waals surface area contributed by atoms with E-state index in [1.807, 2.05) is 17.0 Å². The highest BCUT2D eigenvalue weighted by Crippen LogP contribution is 2.48. The second kappa shape index (κ2) is 14.7.